The molecule has 77 heavy (non-hydrogen) atoms. The van der Waals surface area contributed by atoms with Gasteiger partial charge in [0.05, 0.1) is 34.9 Å². The van der Waals surface area contributed by atoms with Gasteiger partial charge in [-0.15, -0.1) is 5.10 Å². The third-order valence-electron chi connectivity index (χ3n) is 12.9. The summed E-state index contributed by atoms with van der Waals surface area (Å²) in [6, 6.07) is 8.04. The molecular weight excluding hydrogens is 1050 g/mol. The Labute approximate surface area is 458 Å². The monoisotopic (exact) mass is 1140 g/mol. The third kappa shape index (κ3) is 22.1. The van der Waals surface area contributed by atoms with E-state index in [0.717, 1.165) is 38.4 Å². The van der Waals surface area contributed by atoms with Gasteiger partial charge in [0, 0.05) is 51.0 Å². The summed E-state index contributed by atoms with van der Waals surface area (Å²) >= 11 is 0. The number of benzene rings is 1. The summed E-state index contributed by atoms with van der Waals surface area (Å²) in [6.45, 7) is 12.5. The molecule has 1 aromatic carbocycles. The van der Waals surface area contributed by atoms with Crippen molar-refractivity contribution < 1.29 is 69.2 Å². The molecule has 0 bridgehead atoms. The van der Waals surface area contributed by atoms with Crippen molar-refractivity contribution in [3.63, 3.8) is 0 Å². The van der Waals surface area contributed by atoms with Crippen LogP contribution in [0.25, 0.3) is 0 Å². The molecule has 24 heteroatoms. The number of hydrogen-bond donors (Lipinski definition) is 1. The summed E-state index contributed by atoms with van der Waals surface area (Å²) in [7, 11) is -7.11. The zero-order chi connectivity index (χ0) is 56.5. The number of unbranched alkanes of at least 4 members (excludes halogenated alkanes) is 13. The molecular formula is C53H88N6O15P2S. The van der Waals surface area contributed by atoms with E-state index in [2.05, 4.69) is 27.2 Å². The van der Waals surface area contributed by atoms with Crippen LogP contribution in [0.2, 0.25) is 0 Å². The first-order valence-corrected chi connectivity index (χ1v) is 31.5. The SMILES string of the molecule is CC(C)(C)C=O.CCCCCCCCCCCCCCCCOC1C(O[P@]2OC(CS(=O)(=O)c3ccccc3)C3CCCN32)C(Cn2cc(P(=O)(OCOC)OCOC(=O)C(C)(C)C)nn2)OC1N(C=O)/C=C\C(=O)NC. The fraction of sp³-hybridized carbons (Fsp3) is 0.736. The smallest absolute Gasteiger partial charge is 0.388 e. The summed E-state index contributed by atoms with van der Waals surface area (Å²) in [4.78, 5) is 48.9. The Morgan fingerprint density at radius 1 is 0.896 bits per heavy atom. The number of amides is 2. The first-order chi connectivity index (χ1) is 36.7. The van der Waals surface area contributed by atoms with Crippen molar-refractivity contribution in [1.82, 2.24) is 29.9 Å². The van der Waals surface area contributed by atoms with Crippen LogP contribution in [0, 0.1) is 10.8 Å². The molecule has 3 saturated heterocycles. The maximum Gasteiger partial charge on any atom is 0.388 e. The number of nitrogens with one attached hydrogen (secondary N) is 1. The second-order valence-corrected chi connectivity index (χ2v) is 27.1. The van der Waals surface area contributed by atoms with E-state index in [-0.39, 0.29) is 34.1 Å². The van der Waals surface area contributed by atoms with Gasteiger partial charge >= 0.3 is 13.6 Å². The number of methoxy groups -OCH3 is 1. The molecule has 3 fully saturated rings. The molecule has 8 atom stereocenters. The number of nitrogens with zero attached hydrogens (tertiary/aromatic N) is 5. The molecule has 0 saturated carbocycles. The predicted molar refractivity (Wildman–Crippen MR) is 292 cm³/mol. The van der Waals surface area contributed by atoms with Crippen LogP contribution >= 0.6 is 16.1 Å². The van der Waals surface area contributed by atoms with E-state index in [1.807, 2.05) is 20.8 Å². The van der Waals surface area contributed by atoms with Crippen molar-refractivity contribution >= 4 is 56.0 Å². The van der Waals surface area contributed by atoms with E-state index < -0.39 is 87.5 Å². The molecule has 5 rings (SSSR count). The fourth-order valence-corrected chi connectivity index (χ4v) is 13.4. The molecule has 0 aliphatic carbocycles. The standard InChI is InChI=1S/C48H78N6O14P2S.C5H10O/c1-7-8-9-10-11-12-13-14-15-16-17-18-19-23-31-62-45-44(68-69-54-29-24-27-39(54)41(67-69)34-71(59,60)38-25-21-20-22-26-38)40(66-46(45)52(35-55)30-28-42(56)49-5)32-53-33-43(50-51-53)70(58,64-36-61-6)65-37-63-47(57)48(2,3)4;1-5(2,3)4-6/h20-22,25-26,28,30,33,35,39-41,44-46H,7-19,23-24,27,29,31-32,34,36-37H2,1-6H3,(H,49,56);4H,1-3H3/b30-28-;/t39?,40?,41?,44?,45?,46?,69-,70?;/m0./s1. The lowest BCUT2D eigenvalue weighted by Crippen LogP contribution is -2.44. The van der Waals surface area contributed by atoms with Gasteiger partial charge in [-0.3, -0.25) is 32.9 Å². The number of likely N-dealkylation sites (N-methyl/N-ethyl adjacent to an activating group) is 1. The Balaban J connectivity index is 0.00000201. The average molecular weight is 1140 g/mol. The highest BCUT2D eigenvalue weighted by Gasteiger charge is 2.55. The van der Waals surface area contributed by atoms with Gasteiger partial charge in [-0.05, 0) is 52.2 Å². The molecule has 4 heterocycles. The van der Waals surface area contributed by atoms with Gasteiger partial charge < -0.3 is 38.1 Å². The lowest BCUT2D eigenvalue weighted by molar-refractivity contribution is -0.160. The summed E-state index contributed by atoms with van der Waals surface area (Å²) in [5.41, 5.74) is -1.21. The highest BCUT2D eigenvalue weighted by molar-refractivity contribution is 7.91. The van der Waals surface area contributed by atoms with Crippen LogP contribution < -0.4 is 10.8 Å². The van der Waals surface area contributed by atoms with Crippen LogP contribution in [0.1, 0.15) is 151 Å². The van der Waals surface area contributed by atoms with Crippen LogP contribution in [0.3, 0.4) is 0 Å². The van der Waals surface area contributed by atoms with E-state index in [0.29, 0.717) is 26.0 Å². The van der Waals surface area contributed by atoms with E-state index in [4.69, 9.17) is 37.0 Å². The van der Waals surface area contributed by atoms with Gasteiger partial charge in [-0.1, -0.05) is 135 Å². The van der Waals surface area contributed by atoms with Crippen LogP contribution in [0.5, 0.6) is 0 Å². The highest BCUT2D eigenvalue weighted by Crippen LogP contribution is 2.58. The number of hydrogen-bond acceptors (Lipinski definition) is 18. The Bertz CT molecular complexity index is 2260. The number of sulfone groups is 1. The Morgan fingerprint density at radius 2 is 1.51 bits per heavy atom. The number of aldehydes is 1. The second-order valence-electron chi connectivity index (χ2n) is 21.6. The molecule has 436 valence electrons. The van der Waals surface area contributed by atoms with Gasteiger partial charge in [0.2, 0.25) is 19.1 Å². The minimum absolute atomic E-state index is 0.0968. The molecule has 21 nitrogen and oxygen atoms in total. The summed E-state index contributed by atoms with van der Waals surface area (Å²) in [5.74, 6) is -1.30. The Kier molecular flexibility index (Phi) is 28.5. The van der Waals surface area contributed by atoms with Crippen LogP contribution in [-0.4, -0.2) is 141 Å². The molecule has 7 unspecified atom stereocenters. The molecule has 2 amide bonds. The van der Waals surface area contributed by atoms with Crippen molar-refractivity contribution in [2.45, 2.75) is 199 Å². The number of rotatable bonds is 34. The van der Waals surface area contributed by atoms with Gasteiger partial charge in [0.15, 0.2) is 28.3 Å². The zero-order valence-corrected chi connectivity index (χ0v) is 49.6. The van der Waals surface area contributed by atoms with Gasteiger partial charge in [-0.25, -0.2) is 17.8 Å². The number of ether oxygens (including phenoxy) is 4. The molecule has 0 spiro atoms. The molecule has 3 aliphatic rings. The van der Waals surface area contributed by atoms with Gasteiger partial charge in [-0.2, -0.15) is 0 Å². The fourth-order valence-electron chi connectivity index (χ4n) is 8.55. The third-order valence-corrected chi connectivity index (χ3v) is 18.1. The quantitative estimate of drug-likeness (QED) is 0.0172. The Morgan fingerprint density at radius 3 is 2.08 bits per heavy atom. The zero-order valence-electron chi connectivity index (χ0n) is 47.0. The van der Waals surface area contributed by atoms with Gasteiger partial charge in [0.1, 0.15) is 24.6 Å². The second kappa shape index (κ2) is 33.3. The van der Waals surface area contributed by atoms with Crippen molar-refractivity contribution in [2.75, 3.05) is 46.6 Å². The summed E-state index contributed by atoms with van der Waals surface area (Å²) in [5, 5.41) is 10.8. The maximum absolute atomic E-state index is 14.1. The van der Waals surface area contributed by atoms with E-state index in [9.17, 15) is 32.2 Å². The minimum Gasteiger partial charge on any atom is -0.438 e. The van der Waals surface area contributed by atoms with Crippen LogP contribution in [-0.2, 0) is 77.2 Å². The number of carbonyl (C=O) groups is 4. The van der Waals surface area contributed by atoms with E-state index in [1.165, 1.54) is 106 Å². The molecule has 0 radical (unpaired) electrons. The Hall–Kier alpha value is -3.53. The maximum atomic E-state index is 14.1. The molecule has 1 aromatic heterocycles. The highest BCUT2D eigenvalue weighted by atomic mass is 32.2. The van der Waals surface area contributed by atoms with Crippen molar-refractivity contribution in [2.24, 2.45) is 10.8 Å². The van der Waals surface area contributed by atoms with Crippen molar-refractivity contribution in [1.29, 1.82) is 0 Å². The van der Waals surface area contributed by atoms with Crippen LogP contribution in [0.15, 0.2) is 53.7 Å². The predicted octanol–water partition coefficient (Wildman–Crippen LogP) is 8.77. The lowest BCUT2D eigenvalue weighted by atomic mass is 9.98. The van der Waals surface area contributed by atoms with Gasteiger partial charge in [0.25, 0.3) is 8.53 Å². The first-order valence-electron chi connectivity index (χ1n) is 27.2. The van der Waals surface area contributed by atoms with Crippen LogP contribution in [0.4, 0.5) is 0 Å². The van der Waals surface area contributed by atoms with E-state index >= 15 is 0 Å². The molecule has 1 N–H and O–H groups in total. The number of aromatic nitrogens is 3. The van der Waals surface area contributed by atoms with Crippen molar-refractivity contribution in [3.05, 3.63) is 48.8 Å². The topological polar surface area (TPSA) is 243 Å². The van der Waals surface area contributed by atoms with Crippen molar-refractivity contribution in [3.8, 4) is 0 Å². The van der Waals surface area contributed by atoms with E-state index in [1.54, 1.807) is 51.1 Å². The summed E-state index contributed by atoms with van der Waals surface area (Å²) in [6.07, 6.45) is 18.8. The average Bonchev–Trinajstić information content (AvgIpc) is 4.22. The number of fused-ring (bicyclic) bond motifs is 1. The molecule has 2 aromatic rings. The first kappa shape index (κ1) is 66.0. The largest absolute Gasteiger partial charge is 0.438 e. The number of carbonyl (C=O) groups excluding carboxylic acids is 4. The minimum atomic E-state index is -4.29. The molecule has 3 aliphatic heterocycles. The lowest BCUT2D eigenvalue weighted by Gasteiger charge is -2.30. The number of esters is 1. The normalized spacial score (nSPS) is 22.5. The summed E-state index contributed by atoms with van der Waals surface area (Å²) < 4.78 is 92.9.